The first kappa shape index (κ1) is 17.2. The van der Waals surface area contributed by atoms with Gasteiger partial charge in [0.25, 0.3) is 0 Å². The highest BCUT2D eigenvalue weighted by Gasteiger charge is 2.36. The van der Waals surface area contributed by atoms with E-state index in [-0.39, 0.29) is 12.1 Å². The molecule has 7 heteroatoms. The van der Waals surface area contributed by atoms with E-state index in [0.29, 0.717) is 19.6 Å². The van der Waals surface area contributed by atoms with E-state index < -0.39 is 10.0 Å². The van der Waals surface area contributed by atoms with Crippen LogP contribution in [0, 0.1) is 6.92 Å². The van der Waals surface area contributed by atoms with Crippen molar-refractivity contribution >= 4 is 16.1 Å². The van der Waals surface area contributed by atoms with Crippen LogP contribution in [0.25, 0.3) is 0 Å². The highest BCUT2D eigenvalue weighted by molar-refractivity contribution is 7.88. The Morgan fingerprint density at radius 2 is 1.83 bits per heavy atom. The van der Waals surface area contributed by atoms with Gasteiger partial charge in [0.05, 0.1) is 6.26 Å². The summed E-state index contributed by atoms with van der Waals surface area (Å²) < 4.78 is 24.7. The van der Waals surface area contributed by atoms with Crippen molar-refractivity contribution in [1.29, 1.82) is 0 Å². The molecule has 6 nitrogen and oxygen atoms in total. The second-order valence-electron chi connectivity index (χ2n) is 6.78. The van der Waals surface area contributed by atoms with Crippen LogP contribution in [0.3, 0.4) is 0 Å². The summed E-state index contributed by atoms with van der Waals surface area (Å²) in [7, 11) is -3.12. The van der Waals surface area contributed by atoms with Crippen LogP contribution < -0.4 is 0 Å². The van der Waals surface area contributed by atoms with Gasteiger partial charge in [0.1, 0.15) is 0 Å². The fourth-order valence-electron chi connectivity index (χ4n) is 3.60. The molecule has 2 aliphatic rings. The summed E-state index contributed by atoms with van der Waals surface area (Å²) in [4.78, 5) is 16.5. The number of amides is 2. The Morgan fingerprint density at radius 1 is 1.12 bits per heavy atom. The number of sulfonamides is 1. The third-order valence-electron chi connectivity index (χ3n) is 4.92. The minimum Gasteiger partial charge on any atom is -0.320 e. The number of benzene rings is 1. The zero-order chi connectivity index (χ0) is 17.3. The van der Waals surface area contributed by atoms with E-state index in [1.54, 1.807) is 0 Å². The molecule has 2 amide bonds. The summed E-state index contributed by atoms with van der Waals surface area (Å²) in [6, 6.07) is 8.46. The number of hydrogen-bond donors (Lipinski definition) is 0. The number of carbonyl (C=O) groups is 1. The molecule has 2 fully saturated rings. The minimum atomic E-state index is -3.12. The molecule has 0 radical (unpaired) electrons. The van der Waals surface area contributed by atoms with Gasteiger partial charge in [-0.1, -0.05) is 29.8 Å². The first-order valence-electron chi connectivity index (χ1n) is 8.41. The average Bonchev–Trinajstić information content (AvgIpc) is 2.88. The van der Waals surface area contributed by atoms with Crippen LogP contribution in [0.5, 0.6) is 0 Å². The molecule has 0 unspecified atom stereocenters. The minimum absolute atomic E-state index is 0.0781. The van der Waals surface area contributed by atoms with E-state index in [2.05, 4.69) is 19.1 Å². The Hall–Kier alpha value is -1.60. The van der Waals surface area contributed by atoms with Crippen molar-refractivity contribution in [2.24, 2.45) is 0 Å². The van der Waals surface area contributed by atoms with Crippen LogP contribution in [0.4, 0.5) is 4.79 Å². The Kier molecular flexibility index (Phi) is 4.83. The van der Waals surface area contributed by atoms with E-state index in [1.165, 1.54) is 16.1 Å². The fraction of sp³-hybridized carbons (Fsp3) is 0.588. The van der Waals surface area contributed by atoms with Crippen molar-refractivity contribution in [3.05, 3.63) is 35.4 Å². The maximum Gasteiger partial charge on any atom is 0.320 e. The van der Waals surface area contributed by atoms with Gasteiger partial charge in [-0.15, -0.1) is 0 Å². The third-order valence-corrected chi connectivity index (χ3v) is 6.22. The predicted molar refractivity (Wildman–Crippen MR) is 93.1 cm³/mol. The van der Waals surface area contributed by atoms with E-state index in [1.807, 2.05) is 21.9 Å². The zero-order valence-electron chi connectivity index (χ0n) is 14.3. The van der Waals surface area contributed by atoms with Gasteiger partial charge in [0.15, 0.2) is 0 Å². The molecule has 2 aliphatic heterocycles. The molecular weight excluding hydrogens is 326 g/mol. The van der Waals surface area contributed by atoms with Gasteiger partial charge in [0, 0.05) is 38.8 Å². The van der Waals surface area contributed by atoms with Crippen molar-refractivity contribution in [1.82, 2.24) is 14.1 Å². The van der Waals surface area contributed by atoms with Crippen LogP contribution >= 0.6 is 0 Å². The van der Waals surface area contributed by atoms with Crippen molar-refractivity contribution in [2.45, 2.75) is 32.4 Å². The van der Waals surface area contributed by atoms with Crippen molar-refractivity contribution in [3.63, 3.8) is 0 Å². The van der Waals surface area contributed by atoms with E-state index in [4.69, 9.17) is 0 Å². The quantitative estimate of drug-likeness (QED) is 0.829. The largest absolute Gasteiger partial charge is 0.320 e. The summed E-state index contributed by atoms with van der Waals surface area (Å²) in [6.07, 6.45) is 2.69. The van der Waals surface area contributed by atoms with Crippen LogP contribution in [0.15, 0.2) is 24.3 Å². The van der Waals surface area contributed by atoms with Crippen molar-refractivity contribution < 1.29 is 13.2 Å². The predicted octanol–water partition coefficient (Wildman–Crippen LogP) is 1.66. The van der Waals surface area contributed by atoms with E-state index in [0.717, 1.165) is 31.5 Å². The van der Waals surface area contributed by atoms with Gasteiger partial charge < -0.3 is 9.80 Å². The molecule has 0 atom stereocenters. The maximum absolute atomic E-state index is 12.7. The second-order valence-corrected chi connectivity index (χ2v) is 8.76. The topological polar surface area (TPSA) is 60.9 Å². The lowest BCUT2D eigenvalue weighted by molar-refractivity contribution is 0.154. The summed E-state index contributed by atoms with van der Waals surface area (Å²) >= 11 is 0. The van der Waals surface area contributed by atoms with Gasteiger partial charge in [-0.3, -0.25) is 0 Å². The van der Waals surface area contributed by atoms with Crippen molar-refractivity contribution in [2.75, 3.05) is 32.4 Å². The van der Waals surface area contributed by atoms with E-state index in [9.17, 15) is 13.2 Å². The average molecular weight is 351 g/mol. The summed E-state index contributed by atoms with van der Waals surface area (Å²) in [5, 5.41) is 0. The van der Waals surface area contributed by atoms with Gasteiger partial charge in [-0.05, 0) is 25.3 Å². The molecule has 0 saturated carbocycles. The van der Waals surface area contributed by atoms with Crippen LogP contribution in [-0.2, 0) is 16.6 Å². The highest BCUT2D eigenvalue weighted by Crippen LogP contribution is 2.23. The Balaban J connectivity index is 1.59. The number of rotatable bonds is 4. The lowest BCUT2D eigenvalue weighted by atomic mass is 10.1. The number of urea groups is 1. The van der Waals surface area contributed by atoms with E-state index >= 15 is 0 Å². The van der Waals surface area contributed by atoms with Crippen LogP contribution in [0.1, 0.15) is 24.0 Å². The lowest BCUT2D eigenvalue weighted by Gasteiger charge is -2.35. The molecule has 3 rings (SSSR count). The SMILES string of the molecule is Cc1cccc(CN2CCN(C3CCN(S(C)(=O)=O)CC3)C2=O)c1. The summed E-state index contributed by atoms with van der Waals surface area (Å²) in [5.41, 5.74) is 2.35. The third kappa shape index (κ3) is 3.72. The summed E-state index contributed by atoms with van der Waals surface area (Å²) in [5.74, 6) is 0. The molecule has 0 aliphatic carbocycles. The van der Waals surface area contributed by atoms with Crippen LogP contribution in [0.2, 0.25) is 0 Å². The van der Waals surface area contributed by atoms with Gasteiger partial charge in [0.2, 0.25) is 10.0 Å². The molecule has 2 heterocycles. The zero-order valence-corrected chi connectivity index (χ0v) is 15.1. The molecule has 0 N–H and O–H groups in total. The monoisotopic (exact) mass is 351 g/mol. The number of hydrogen-bond acceptors (Lipinski definition) is 3. The Bertz CT molecular complexity index is 712. The van der Waals surface area contributed by atoms with Gasteiger partial charge in [-0.2, -0.15) is 0 Å². The van der Waals surface area contributed by atoms with Crippen molar-refractivity contribution in [3.8, 4) is 0 Å². The molecule has 24 heavy (non-hydrogen) atoms. The number of piperidine rings is 1. The smallest absolute Gasteiger partial charge is 0.320 e. The molecule has 2 saturated heterocycles. The number of aryl methyl sites for hydroxylation is 1. The first-order valence-corrected chi connectivity index (χ1v) is 10.3. The number of nitrogens with zero attached hydrogens (tertiary/aromatic N) is 3. The molecule has 132 valence electrons. The normalized spacial score (nSPS) is 20.8. The first-order chi connectivity index (χ1) is 11.3. The molecule has 0 spiro atoms. The lowest BCUT2D eigenvalue weighted by Crippen LogP contribution is -2.47. The Morgan fingerprint density at radius 3 is 2.46 bits per heavy atom. The van der Waals surface area contributed by atoms with Gasteiger partial charge >= 0.3 is 6.03 Å². The Labute approximate surface area is 144 Å². The summed E-state index contributed by atoms with van der Waals surface area (Å²) in [6.45, 7) is 5.17. The molecule has 1 aromatic rings. The van der Waals surface area contributed by atoms with Gasteiger partial charge in [-0.25, -0.2) is 17.5 Å². The molecule has 0 bridgehead atoms. The standard InChI is InChI=1S/C17H25N3O3S/c1-14-4-3-5-15(12-14)13-18-10-11-20(17(18)21)16-6-8-19(9-7-16)24(2,22)23/h3-5,12,16H,6-11,13H2,1-2H3. The fourth-order valence-corrected chi connectivity index (χ4v) is 4.48. The van der Waals surface area contributed by atoms with Crippen LogP contribution in [-0.4, -0.2) is 67.0 Å². The molecular formula is C17H25N3O3S. The maximum atomic E-state index is 12.7. The number of carbonyl (C=O) groups excluding carboxylic acids is 1. The molecule has 0 aromatic heterocycles. The highest BCUT2D eigenvalue weighted by atomic mass is 32.2. The molecule has 1 aromatic carbocycles. The second kappa shape index (κ2) is 6.72.